The van der Waals surface area contributed by atoms with Crippen molar-refractivity contribution < 1.29 is 0 Å². The van der Waals surface area contributed by atoms with Gasteiger partial charge in [-0.2, -0.15) is 0 Å². The summed E-state index contributed by atoms with van der Waals surface area (Å²) in [6, 6.07) is 36.6. The van der Waals surface area contributed by atoms with Gasteiger partial charge in [-0.3, -0.25) is 0 Å². The first-order valence-electron chi connectivity index (χ1n) is 12.5. The lowest BCUT2D eigenvalue weighted by Crippen LogP contribution is -2.10. The lowest BCUT2D eigenvalue weighted by Gasteiger charge is -2.25. The summed E-state index contributed by atoms with van der Waals surface area (Å²) in [4.78, 5) is 0. The van der Waals surface area contributed by atoms with E-state index in [0.29, 0.717) is 0 Å². The maximum Gasteiger partial charge on any atom is 0.0125 e. The van der Waals surface area contributed by atoms with E-state index in [1.165, 1.54) is 44.5 Å². The van der Waals surface area contributed by atoms with Gasteiger partial charge >= 0.3 is 0 Å². The molecule has 0 saturated carbocycles. The van der Waals surface area contributed by atoms with Gasteiger partial charge in [-0.25, -0.2) is 0 Å². The minimum atomic E-state index is 0.261. The Morgan fingerprint density at radius 2 is 0.794 bits per heavy atom. The Labute approximate surface area is 203 Å². The van der Waals surface area contributed by atoms with Crippen LogP contribution in [0.2, 0.25) is 0 Å². The molecule has 0 saturated heterocycles. The van der Waals surface area contributed by atoms with E-state index in [9.17, 15) is 0 Å². The lowest BCUT2D eigenvalue weighted by molar-refractivity contribution is 0.738. The number of rotatable bonds is 0. The van der Waals surface area contributed by atoms with Gasteiger partial charge in [0.2, 0.25) is 0 Å². The molecule has 166 valence electrons. The van der Waals surface area contributed by atoms with Crippen LogP contribution in [0.4, 0.5) is 0 Å². The van der Waals surface area contributed by atoms with Crippen LogP contribution in [0.3, 0.4) is 0 Å². The maximum atomic E-state index is 2.44. The molecule has 0 nitrogen and oxygen atoms in total. The molecular formula is C34H30. The van der Waals surface area contributed by atoms with Crippen LogP contribution < -0.4 is 0 Å². The van der Waals surface area contributed by atoms with Crippen molar-refractivity contribution >= 4 is 12.2 Å². The minimum Gasteiger partial charge on any atom is -0.0755 e. The van der Waals surface area contributed by atoms with E-state index in [2.05, 4.69) is 121 Å². The van der Waals surface area contributed by atoms with E-state index in [0.717, 1.165) is 25.7 Å². The average Bonchev–Trinajstić information content (AvgIpc) is 2.88. The van der Waals surface area contributed by atoms with E-state index < -0.39 is 0 Å². The summed E-state index contributed by atoms with van der Waals surface area (Å²) >= 11 is 0. The number of benzene rings is 4. The summed E-state index contributed by atoms with van der Waals surface area (Å²) in [5.74, 6) is 0.522. The highest BCUT2D eigenvalue weighted by Gasteiger charge is 2.22. The second kappa shape index (κ2) is 9.31. The summed E-state index contributed by atoms with van der Waals surface area (Å²) in [5.41, 5.74) is 11.0. The van der Waals surface area contributed by atoms with Crippen LogP contribution in [0.5, 0.6) is 0 Å². The highest BCUT2D eigenvalue weighted by molar-refractivity contribution is 5.57. The van der Waals surface area contributed by atoms with Crippen molar-refractivity contribution in [3.8, 4) is 0 Å². The van der Waals surface area contributed by atoms with Crippen molar-refractivity contribution in [2.24, 2.45) is 0 Å². The van der Waals surface area contributed by atoms with E-state index >= 15 is 0 Å². The van der Waals surface area contributed by atoms with Gasteiger partial charge in [-0.05, 0) is 70.2 Å². The van der Waals surface area contributed by atoms with Crippen LogP contribution in [-0.4, -0.2) is 0 Å². The smallest absolute Gasteiger partial charge is 0.0125 e. The summed E-state index contributed by atoms with van der Waals surface area (Å²) in [7, 11) is 0. The number of fused-ring (bicyclic) bond motifs is 11. The molecule has 2 aliphatic carbocycles. The molecule has 0 heteroatoms. The van der Waals surface area contributed by atoms with E-state index in [1.807, 2.05) is 0 Å². The fraction of sp³-hybridized carbons (Fsp3) is 0.176. The molecule has 0 amide bonds. The molecule has 0 fully saturated rings. The molecule has 2 aliphatic rings. The molecule has 0 spiro atoms. The maximum absolute atomic E-state index is 2.44. The molecule has 0 heterocycles. The second-order valence-corrected chi connectivity index (χ2v) is 9.75. The van der Waals surface area contributed by atoms with Crippen molar-refractivity contribution in [1.82, 2.24) is 0 Å². The van der Waals surface area contributed by atoms with Crippen LogP contribution in [0.15, 0.2) is 109 Å². The van der Waals surface area contributed by atoms with Gasteiger partial charge < -0.3 is 0 Å². The molecule has 0 aromatic heterocycles. The zero-order chi connectivity index (χ0) is 22.7. The number of allylic oxidation sites excluding steroid dienone is 2. The number of aryl methyl sites for hydroxylation is 4. The van der Waals surface area contributed by atoms with Crippen molar-refractivity contribution in [3.63, 3.8) is 0 Å². The third kappa shape index (κ3) is 4.54. The van der Waals surface area contributed by atoms with Gasteiger partial charge in [-0.1, -0.05) is 121 Å². The highest BCUT2D eigenvalue weighted by atomic mass is 14.3. The predicted molar refractivity (Wildman–Crippen MR) is 144 cm³/mol. The average molecular weight is 439 g/mol. The Hall–Kier alpha value is -3.64. The van der Waals surface area contributed by atoms with E-state index in [1.54, 1.807) is 0 Å². The molecule has 6 rings (SSSR count). The van der Waals surface area contributed by atoms with Gasteiger partial charge in [0.05, 0.1) is 0 Å². The quantitative estimate of drug-likeness (QED) is 0.260. The van der Waals surface area contributed by atoms with Crippen molar-refractivity contribution in [3.05, 3.63) is 154 Å². The summed E-state index contributed by atoms with van der Waals surface area (Å²) < 4.78 is 0. The van der Waals surface area contributed by atoms with E-state index in [4.69, 9.17) is 0 Å². The molecule has 0 N–H and O–H groups in total. The summed E-state index contributed by atoms with van der Waals surface area (Å²) in [6.07, 6.45) is 13.8. The van der Waals surface area contributed by atoms with Gasteiger partial charge in [0.25, 0.3) is 0 Å². The monoisotopic (exact) mass is 438 g/mol. The molecule has 4 aromatic carbocycles. The molecule has 0 radical (unpaired) electrons. The van der Waals surface area contributed by atoms with Crippen LogP contribution in [0.25, 0.3) is 12.2 Å². The third-order valence-electron chi connectivity index (χ3n) is 7.36. The largest absolute Gasteiger partial charge is 0.0755 e. The van der Waals surface area contributed by atoms with Crippen LogP contribution >= 0.6 is 0 Å². The van der Waals surface area contributed by atoms with Gasteiger partial charge in [0.15, 0.2) is 0 Å². The number of hydrogen-bond donors (Lipinski definition) is 0. The first-order chi connectivity index (χ1) is 16.8. The molecule has 0 aliphatic heterocycles. The number of hydrogen-bond acceptors (Lipinski definition) is 0. The summed E-state index contributed by atoms with van der Waals surface area (Å²) in [6.45, 7) is 0. The molecule has 4 aromatic rings. The fourth-order valence-electron chi connectivity index (χ4n) is 5.50. The van der Waals surface area contributed by atoms with Crippen LogP contribution in [-0.2, 0) is 25.7 Å². The van der Waals surface area contributed by atoms with Crippen molar-refractivity contribution in [2.75, 3.05) is 0 Å². The topological polar surface area (TPSA) is 0 Å². The third-order valence-corrected chi connectivity index (χ3v) is 7.36. The predicted octanol–water partition coefficient (Wildman–Crippen LogP) is 8.18. The molecule has 0 unspecified atom stereocenters. The molecule has 8 bridgehead atoms. The highest BCUT2D eigenvalue weighted by Crippen LogP contribution is 2.38. The zero-order valence-electron chi connectivity index (χ0n) is 19.5. The lowest BCUT2D eigenvalue weighted by atomic mass is 9.78. The Morgan fingerprint density at radius 1 is 0.412 bits per heavy atom. The van der Waals surface area contributed by atoms with Gasteiger partial charge in [-0.15, -0.1) is 0 Å². The van der Waals surface area contributed by atoms with Crippen LogP contribution in [0, 0.1) is 0 Å². The SMILES string of the molecule is C1=C/[C@H]2c3cccc(c3)CCc3cccc(c3)/C=C/[C@H]2c2cccc(c2)CCc2cccc/1c2. The van der Waals surface area contributed by atoms with Crippen molar-refractivity contribution in [1.29, 1.82) is 0 Å². The molecule has 34 heavy (non-hydrogen) atoms. The standard InChI is InChI=1S/C34H30/c1-5-25-13-15-29-9-3-12-32(23-29)34-20-18-28-8-2-6-26(22-28)14-16-30-10-4-11-31(24-30)33(34)19-17-27(7-1)21-25/h1-12,17-24,33-34H,13-16H2/b19-17+,20-18+/t33-,34-/m0/s1. The van der Waals surface area contributed by atoms with E-state index in [-0.39, 0.29) is 11.8 Å². The Morgan fingerprint density at radius 3 is 1.24 bits per heavy atom. The minimum absolute atomic E-state index is 0.261. The molecule has 2 atom stereocenters. The first-order valence-corrected chi connectivity index (χ1v) is 12.5. The normalized spacial score (nSPS) is 20.9. The van der Waals surface area contributed by atoms with Gasteiger partial charge in [0.1, 0.15) is 0 Å². The van der Waals surface area contributed by atoms with Gasteiger partial charge in [0, 0.05) is 11.8 Å². The zero-order valence-corrected chi connectivity index (χ0v) is 19.5. The second-order valence-electron chi connectivity index (χ2n) is 9.75. The van der Waals surface area contributed by atoms with Crippen LogP contribution in [0.1, 0.15) is 56.3 Å². The molecular weight excluding hydrogens is 408 g/mol. The van der Waals surface area contributed by atoms with Crippen molar-refractivity contribution in [2.45, 2.75) is 37.5 Å². The Kier molecular flexibility index (Phi) is 5.73. The Bertz CT molecular complexity index is 1260. The summed E-state index contributed by atoms with van der Waals surface area (Å²) in [5, 5.41) is 0. The Balaban J connectivity index is 1.56. The fourth-order valence-corrected chi connectivity index (χ4v) is 5.50. The first kappa shape index (κ1) is 20.9.